The summed E-state index contributed by atoms with van der Waals surface area (Å²) in [5.41, 5.74) is 1.27. The Morgan fingerprint density at radius 3 is 2.67 bits per heavy atom. The first-order chi connectivity index (χ1) is 8.60. The molecule has 1 aromatic rings. The van der Waals surface area contributed by atoms with Crippen molar-refractivity contribution in [1.29, 1.82) is 0 Å². The van der Waals surface area contributed by atoms with Gasteiger partial charge in [-0.25, -0.2) is 4.79 Å². The molecule has 4 heteroatoms. The summed E-state index contributed by atoms with van der Waals surface area (Å²) in [5.74, 6) is -0.941. The van der Waals surface area contributed by atoms with Crippen LogP contribution in [0.4, 0.5) is 0 Å². The van der Waals surface area contributed by atoms with E-state index in [4.69, 9.17) is 0 Å². The number of carboxylic acid groups (broad SMARTS) is 1. The minimum atomic E-state index is -0.941. The van der Waals surface area contributed by atoms with E-state index in [0.29, 0.717) is 13.0 Å². The smallest absolute Gasteiger partial charge is 0.352 e. The molecule has 0 heterocycles. The summed E-state index contributed by atoms with van der Waals surface area (Å²) in [6.07, 6.45) is 3.89. The van der Waals surface area contributed by atoms with Crippen molar-refractivity contribution in [2.75, 3.05) is 0 Å². The molecule has 96 valence electrons. The molecule has 1 rings (SSSR count). The van der Waals surface area contributed by atoms with Gasteiger partial charge in [0, 0.05) is 11.0 Å². The van der Waals surface area contributed by atoms with E-state index in [9.17, 15) is 9.90 Å². The normalized spacial score (nSPS) is 11.1. The Hall–Kier alpha value is -1.55. The molecule has 1 N–H and O–H groups in total. The monoisotopic (exact) mass is 309 g/mol. The van der Waals surface area contributed by atoms with Crippen LogP contribution in [-0.2, 0) is 11.3 Å². The number of benzene rings is 1. The number of nitrogens with zero attached hydrogens (tertiary/aromatic N) is 1. The van der Waals surface area contributed by atoms with Gasteiger partial charge in [-0.15, -0.1) is 0 Å². The fraction of sp³-hybridized carbons (Fsp3) is 0.214. The predicted octanol–water partition coefficient (Wildman–Crippen LogP) is 3.77. The highest BCUT2D eigenvalue weighted by atomic mass is 79.9. The Labute approximate surface area is 116 Å². The molecule has 0 radical (unpaired) electrons. The zero-order valence-corrected chi connectivity index (χ0v) is 11.9. The van der Waals surface area contributed by atoms with Crippen molar-refractivity contribution < 1.29 is 9.90 Å². The molecule has 0 amide bonds. The van der Waals surface area contributed by atoms with Gasteiger partial charge in [0.2, 0.25) is 0 Å². The summed E-state index contributed by atoms with van der Waals surface area (Å²) in [6, 6.07) is 7.73. The molecule has 0 unspecified atom stereocenters. The Kier molecular flexibility index (Phi) is 5.65. The molecule has 1 aromatic carbocycles. The number of halogens is 1. The molecule has 0 aliphatic rings. The SMILES string of the molecule is C=CN(Cc1ccccc1Br)/C(=C\CC)C(=O)O. The summed E-state index contributed by atoms with van der Waals surface area (Å²) in [7, 11) is 0. The number of carbonyl (C=O) groups is 1. The van der Waals surface area contributed by atoms with Crippen molar-refractivity contribution in [1.82, 2.24) is 4.90 Å². The average molecular weight is 310 g/mol. The summed E-state index contributed by atoms with van der Waals surface area (Å²) in [4.78, 5) is 12.8. The maximum atomic E-state index is 11.2. The summed E-state index contributed by atoms with van der Waals surface area (Å²) in [6.45, 7) is 6.06. The van der Waals surface area contributed by atoms with Crippen LogP contribution < -0.4 is 0 Å². The second kappa shape index (κ2) is 7.01. The van der Waals surface area contributed by atoms with Crippen molar-refractivity contribution in [3.63, 3.8) is 0 Å². The van der Waals surface area contributed by atoms with Crippen LogP contribution in [0.25, 0.3) is 0 Å². The standard InChI is InChI=1S/C14H16BrNO2/c1-3-7-13(14(17)18)16(4-2)10-11-8-5-6-9-12(11)15/h4-9H,2-3,10H2,1H3,(H,17,18)/b13-7-. The molecular weight excluding hydrogens is 294 g/mol. The Morgan fingerprint density at radius 2 is 2.17 bits per heavy atom. The van der Waals surface area contributed by atoms with Gasteiger partial charge >= 0.3 is 5.97 Å². The Bertz CT molecular complexity index is 469. The van der Waals surface area contributed by atoms with E-state index in [2.05, 4.69) is 22.5 Å². The molecule has 18 heavy (non-hydrogen) atoms. The largest absolute Gasteiger partial charge is 0.477 e. The van der Waals surface area contributed by atoms with Gasteiger partial charge in [-0.05, 0) is 24.3 Å². The zero-order valence-electron chi connectivity index (χ0n) is 10.3. The lowest BCUT2D eigenvalue weighted by atomic mass is 10.2. The van der Waals surface area contributed by atoms with Crippen molar-refractivity contribution in [2.45, 2.75) is 19.9 Å². The van der Waals surface area contributed by atoms with E-state index >= 15 is 0 Å². The Morgan fingerprint density at radius 1 is 1.50 bits per heavy atom. The van der Waals surface area contributed by atoms with E-state index in [1.807, 2.05) is 31.2 Å². The second-order valence-electron chi connectivity index (χ2n) is 3.70. The van der Waals surface area contributed by atoms with Gasteiger partial charge in [0.25, 0.3) is 0 Å². The number of hydrogen-bond acceptors (Lipinski definition) is 2. The van der Waals surface area contributed by atoms with Crippen LogP contribution in [0.15, 0.2) is 53.3 Å². The third-order valence-electron chi connectivity index (χ3n) is 2.44. The molecule has 0 spiro atoms. The van der Waals surface area contributed by atoms with Crippen LogP contribution in [-0.4, -0.2) is 16.0 Å². The molecule has 0 fully saturated rings. The maximum Gasteiger partial charge on any atom is 0.352 e. The lowest BCUT2D eigenvalue weighted by molar-refractivity contribution is -0.134. The molecule has 3 nitrogen and oxygen atoms in total. The Balaban J connectivity index is 2.98. The van der Waals surface area contributed by atoms with Crippen molar-refractivity contribution >= 4 is 21.9 Å². The lowest BCUT2D eigenvalue weighted by Gasteiger charge is -2.21. The van der Waals surface area contributed by atoms with Gasteiger partial charge in [0.1, 0.15) is 5.70 Å². The fourth-order valence-corrected chi connectivity index (χ4v) is 1.99. The molecule has 0 bridgehead atoms. The number of rotatable bonds is 6. The van der Waals surface area contributed by atoms with Crippen LogP contribution in [0.2, 0.25) is 0 Å². The second-order valence-corrected chi connectivity index (χ2v) is 4.56. The number of aliphatic carboxylic acids is 1. The summed E-state index contributed by atoms with van der Waals surface area (Å²) < 4.78 is 0.957. The minimum absolute atomic E-state index is 0.253. The van der Waals surface area contributed by atoms with Crippen LogP contribution in [0.1, 0.15) is 18.9 Å². The first-order valence-corrected chi connectivity index (χ1v) is 6.45. The van der Waals surface area contributed by atoms with E-state index < -0.39 is 5.97 Å². The van der Waals surface area contributed by atoms with Crippen LogP contribution in [0.5, 0.6) is 0 Å². The van der Waals surface area contributed by atoms with Crippen LogP contribution in [0, 0.1) is 0 Å². The van der Waals surface area contributed by atoms with Gasteiger partial charge in [0.15, 0.2) is 0 Å². The maximum absolute atomic E-state index is 11.2. The summed E-state index contributed by atoms with van der Waals surface area (Å²) in [5, 5.41) is 9.18. The topological polar surface area (TPSA) is 40.5 Å². The van der Waals surface area contributed by atoms with Gasteiger partial charge in [-0.2, -0.15) is 0 Å². The highest BCUT2D eigenvalue weighted by molar-refractivity contribution is 9.10. The van der Waals surface area contributed by atoms with Crippen molar-refractivity contribution in [2.24, 2.45) is 0 Å². The molecule has 0 saturated carbocycles. The van der Waals surface area contributed by atoms with E-state index in [0.717, 1.165) is 10.0 Å². The molecular formula is C14H16BrNO2. The lowest BCUT2D eigenvalue weighted by Crippen LogP contribution is -2.22. The number of carboxylic acids is 1. The molecule has 0 aliphatic heterocycles. The van der Waals surface area contributed by atoms with Crippen molar-refractivity contribution in [3.8, 4) is 0 Å². The highest BCUT2D eigenvalue weighted by Gasteiger charge is 2.14. The predicted molar refractivity (Wildman–Crippen MR) is 75.9 cm³/mol. The minimum Gasteiger partial charge on any atom is -0.477 e. The number of hydrogen-bond donors (Lipinski definition) is 1. The van der Waals surface area contributed by atoms with E-state index in [-0.39, 0.29) is 5.70 Å². The third kappa shape index (κ3) is 3.74. The molecule has 0 aliphatic carbocycles. The zero-order chi connectivity index (χ0) is 13.5. The van der Waals surface area contributed by atoms with Gasteiger partial charge in [-0.3, -0.25) is 0 Å². The van der Waals surface area contributed by atoms with Gasteiger partial charge in [0.05, 0.1) is 0 Å². The first-order valence-electron chi connectivity index (χ1n) is 5.66. The molecule has 0 aromatic heterocycles. The number of allylic oxidation sites excluding steroid dienone is 1. The average Bonchev–Trinajstić information content (AvgIpc) is 2.35. The van der Waals surface area contributed by atoms with E-state index in [1.54, 1.807) is 11.0 Å². The first kappa shape index (κ1) is 14.5. The third-order valence-corrected chi connectivity index (χ3v) is 3.22. The molecule has 0 saturated heterocycles. The fourth-order valence-electron chi connectivity index (χ4n) is 1.58. The van der Waals surface area contributed by atoms with Crippen LogP contribution >= 0.6 is 15.9 Å². The summed E-state index contributed by atoms with van der Waals surface area (Å²) >= 11 is 3.45. The van der Waals surface area contributed by atoms with E-state index in [1.165, 1.54) is 6.20 Å². The van der Waals surface area contributed by atoms with Crippen LogP contribution in [0.3, 0.4) is 0 Å². The highest BCUT2D eigenvalue weighted by Crippen LogP contribution is 2.20. The van der Waals surface area contributed by atoms with Gasteiger partial charge in [-0.1, -0.05) is 53.7 Å². The quantitative estimate of drug-likeness (QED) is 0.813. The van der Waals surface area contributed by atoms with Crippen molar-refractivity contribution in [3.05, 3.63) is 58.9 Å². The molecule has 0 atom stereocenters. The van der Waals surface area contributed by atoms with Gasteiger partial charge < -0.3 is 10.0 Å².